The molecule has 4 aliphatic heterocycles. The smallest absolute Gasteiger partial charge is 0.236 e. The third-order valence-corrected chi connectivity index (χ3v) is 10.4. The number of carbonyl (C=O) groups excluding carboxylic acids is 2. The molecule has 5 heterocycles. The van der Waals surface area contributed by atoms with E-state index < -0.39 is 5.41 Å². The van der Waals surface area contributed by atoms with Crippen LogP contribution in [0.4, 0.5) is 0 Å². The van der Waals surface area contributed by atoms with Crippen molar-refractivity contribution in [2.75, 3.05) is 59.0 Å². The standard InChI is InChI=1S/C35H52N6O3/c1-25-20-26(2)22-27(21-25)32-30(12-15-38-16-18-39(19-17-38)23-31(42)40-13-6-7-14-40)33(36-37(32)5)44-24-35(3,4)34(43)41-28-8-9-29(41)11-10-28/h20-22,28-29H,6-19,23-24H2,1-5H3. The first-order valence-corrected chi connectivity index (χ1v) is 16.9. The molecule has 0 aliphatic carbocycles. The van der Waals surface area contributed by atoms with E-state index in [0.717, 1.165) is 108 Å². The van der Waals surface area contributed by atoms with Crippen LogP contribution in [0.15, 0.2) is 18.2 Å². The molecule has 4 fully saturated rings. The summed E-state index contributed by atoms with van der Waals surface area (Å²) in [6.45, 7) is 15.6. The van der Waals surface area contributed by atoms with E-state index in [1.807, 2.05) is 30.5 Å². The van der Waals surface area contributed by atoms with Crippen LogP contribution < -0.4 is 4.74 Å². The third-order valence-electron chi connectivity index (χ3n) is 10.4. The van der Waals surface area contributed by atoms with Crippen LogP contribution in [0.3, 0.4) is 0 Å². The molecule has 0 atom stereocenters. The first kappa shape index (κ1) is 31.1. The van der Waals surface area contributed by atoms with Crippen molar-refractivity contribution in [2.45, 2.75) is 84.7 Å². The molecular formula is C35H52N6O3. The molecule has 0 N–H and O–H groups in total. The second-order valence-corrected chi connectivity index (χ2v) is 14.4. The summed E-state index contributed by atoms with van der Waals surface area (Å²) in [5.74, 6) is 1.14. The predicted octanol–water partition coefficient (Wildman–Crippen LogP) is 4.04. The predicted molar refractivity (Wildman–Crippen MR) is 173 cm³/mol. The summed E-state index contributed by atoms with van der Waals surface area (Å²) in [5.41, 5.74) is 5.17. The largest absolute Gasteiger partial charge is 0.475 e. The minimum atomic E-state index is -0.622. The van der Waals surface area contributed by atoms with Crippen molar-refractivity contribution in [1.82, 2.24) is 29.4 Å². The van der Waals surface area contributed by atoms with Crippen LogP contribution in [0.2, 0.25) is 0 Å². The molecule has 9 nitrogen and oxygen atoms in total. The van der Waals surface area contributed by atoms with Gasteiger partial charge in [-0.2, -0.15) is 0 Å². The van der Waals surface area contributed by atoms with Gasteiger partial charge < -0.3 is 19.4 Å². The molecule has 240 valence electrons. The zero-order chi connectivity index (χ0) is 31.0. The Balaban J connectivity index is 1.14. The highest BCUT2D eigenvalue weighted by atomic mass is 16.5. The molecular weight excluding hydrogens is 552 g/mol. The van der Waals surface area contributed by atoms with Gasteiger partial charge in [-0.25, -0.2) is 0 Å². The summed E-state index contributed by atoms with van der Waals surface area (Å²) in [4.78, 5) is 35.4. The molecule has 4 aliphatic rings. The van der Waals surface area contributed by atoms with E-state index in [1.54, 1.807) is 0 Å². The number of aryl methyl sites for hydroxylation is 3. The van der Waals surface area contributed by atoms with Crippen molar-refractivity contribution >= 4 is 11.8 Å². The summed E-state index contributed by atoms with van der Waals surface area (Å²) in [6, 6.07) is 7.47. The number of likely N-dealkylation sites (tertiary alicyclic amines) is 1. The van der Waals surface area contributed by atoms with E-state index in [4.69, 9.17) is 9.84 Å². The Labute approximate surface area is 263 Å². The number of ether oxygens (including phenoxy) is 1. The van der Waals surface area contributed by atoms with Gasteiger partial charge in [0.25, 0.3) is 0 Å². The van der Waals surface area contributed by atoms with Crippen LogP contribution in [0.5, 0.6) is 5.88 Å². The van der Waals surface area contributed by atoms with Crippen LogP contribution >= 0.6 is 0 Å². The molecule has 0 saturated carbocycles. The number of hydrogen-bond donors (Lipinski definition) is 0. The van der Waals surface area contributed by atoms with Gasteiger partial charge >= 0.3 is 0 Å². The second-order valence-electron chi connectivity index (χ2n) is 14.4. The van der Waals surface area contributed by atoms with Gasteiger partial charge in [0, 0.05) is 76.1 Å². The van der Waals surface area contributed by atoms with Crippen LogP contribution in [0.25, 0.3) is 11.3 Å². The van der Waals surface area contributed by atoms with Crippen molar-refractivity contribution in [1.29, 1.82) is 0 Å². The number of hydrogen-bond acceptors (Lipinski definition) is 6. The average molecular weight is 605 g/mol. The van der Waals surface area contributed by atoms with Gasteiger partial charge in [0.15, 0.2) is 0 Å². The van der Waals surface area contributed by atoms with Gasteiger partial charge in [-0.3, -0.25) is 19.2 Å². The topological polar surface area (TPSA) is 74.2 Å². The van der Waals surface area contributed by atoms with E-state index in [1.165, 1.54) is 11.1 Å². The fourth-order valence-corrected chi connectivity index (χ4v) is 7.96. The first-order valence-electron chi connectivity index (χ1n) is 16.9. The Morgan fingerprint density at radius 3 is 2.09 bits per heavy atom. The van der Waals surface area contributed by atoms with Crippen LogP contribution in [0.1, 0.15) is 69.1 Å². The highest BCUT2D eigenvalue weighted by Gasteiger charge is 2.46. The van der Waals surface area contributed by atoms with Gasteiger partial charge in [0.1, 0.15) is 6.61 Å². The lowest BCUT2D eigenvalue weighted by molar-refractivity contribution is -0.143. The number of amides is 2. The normalized spacial score (nSPS) is 22.8. The highest BCUT2D eigenvalue weighted by molar-refractivity contribution is 5.83. The molecule has 6 rings (SSSR count). The molecule has 0 spiro atoms. The number of aromatic nitrogens is 2. The SMILES string of the molecule is Cc1cc(C)cc(-c2c(CCN3CCN(CC(=O)N4CCCC4)CC3)c(OCC(C)(C)C(=O)N3C4CCC3CC4)nn2C)c1. The molecule has 9 heteroatoms. The van der Waals surface area contributed by atoms with Crippen LogP contribution in [0, 0.1) is 19.3 Å². The Bertz CT molecular complexity index is 1310. The van der Waals surface area contributed by atoms with Crippen molar-refractivity contribution in [2.24, 2.45) is 12.5 Å². The van der Waals surface area contributed by atoms with Crippen molar-refractivity contribution in [3.8, 4) is 17.1 Å². The number of fused-ring (bicyclic) bond motifs is 2. The van der Waals surface area contributed by atoms with Crippen molar-refractivity contribution in [3.63, 3.8) is 0 Å². The lowest BCUT2D eigenvalue weighted by atomic mass is 9.92. The Morgan fingerprint density at radius 1 is 0.886 bits per heavy atom. The van der Waals surface area contributed by atoms with Gasteiger partial charge in [0.05, 0.1) is 17.7 Å². The Morgan fingerprint density at radius 2 is 1.48 bits per heavy atom. The molecule has 44 heavy (non-hydrogen) atoms. The van der Waals surface area contributed by atoms with E-state index in [9.17, 15) is 9.59 Å². The zero-order valence-corrected chi connectivity index (χ0v) is 27.6. The molecule has 0 unspecified atom stereocenters. The van der Waals surface area contributed by atoms with E-state index in [2.05, 4.69) is 46.7 Å². The lowest BCUT2D eigenvalue weighted by Crippen LogP contribution is -2.50. The number of nitrogens with zero attached hydrogens (tertiary/aromatic N) is 6. The van der Waals surface area contributed by atoms with E-state index in [-0.39, 0.29) is 11.8 Å². The molecule has 1 aromatic heterocycles. The quantitative estimate of drug-likeness (QED) is 0.408. The first-order chi connectivity index (χ1) is 21.1. The lowest BCUT2D eigenvalue weighted by Gasteiger charge is -2.35. The van der Waals surface area contributed by atoms with Gasteiger partial charge in [0.2, 0.25) is 17.7 Å². The van der Waals surface area contributed by atoms with Gasteiger partial charge in [-0.05, 0) is 84.8 Å². The maximum atomic E-state index is 13.7. The summed E-state index contributed by atoms with van der Waals surface area (Å²) in [7, 11) is 2.00. The fraction of sp³-hybridized carbons (Fsp3) is 0.686. The number of piperazine rings is 1. The van der Waals surface area contributed by atoms with Crippen LogP contribution in [-0.4, -0.2) is 112 Å². The maximum Gasteiger partial charge on any atom is 0.236 e. The van der Waals surface area contributed by atoms with Crippen molar-refractivity contribution < 1.29 is 14.3 Å². The number of carbonyl (C=O) groups is 2. The summed E-state index contributed by atoms with van der Waals surface area (Å²) < 4.78 is 8.47. The molecule has 2 aromatic rings. The summed E-state index contributed by atoms with van der Waals surface area (Å²) in [6.07, 6.45) is 7.64. The number of benzene rings is 1. The molecule has 2 bridgehead atoms. The number of rotatable bonds is 10. The van der Waals surface area contributed by atoms with E-state index >= 15 is 0 Å². The molecule has 1 aromatic carbocycles. The Kier molecular flexibility index (Phi) is 9.07. The minimum absolute atomic E-state index is 0.218. The zero-order valence-electron chi connectivity index (χ0n) is 27.6. The molecule has 4 saturated heterocycles. The fourth-order valence-electron chi connectivity index (χ4n) is 7.96. The minimum Gasteiger partial charge on any atom is -0.475 e. The highest BCUT2D eigenvalue weighted by Crippen LogP contribution is 2.40. The van der Waals surface area contributed by atoms with Crippen molar-refractivity contribution in [3.05, 3.63) is 34.9 Å². The van der Waals surface area contributed by atoms with Crippen LogP contribution in [-0.2, 0) is 23.1 Å². The maximum absolute atomic E-state index is 13.7. The second kappa shape index (κ2) is 12.8. The average Bonchev–Trinajstić information content (AvgIpc) is 3.79. The molecule has 0 radical (unpaired) electrons. The van der Waals surface area contributed by atoms with E-state index in [0.29, 0.717) is 31.1 Å². The van der Waals surface area contributed by atoms with Gasteiger partial charge in [-0.1, -0.05) is 17.2 Å². The third kappa shape index (κ3) is 6.54. The molecule has 2 amide bonds. The summed E-state index contributed by atoms with van der Waals surface area (Å²) in [5, 5.41) is 4.90. The van der Waals surface area contributed by atoms with Gasteiger partial charge in [-0.15, -0.1) is 5.10 Å². The Hall–Kier alpha value is -2.91. The monoisotopic (exact) mass is 604 g/mol. The summed E-state index contributed by atoms with van der Waals surface area (Å²) >= 11 is 0.